The maximum absolute atomic E-state index is 11.1. The summed E-state index contributed by atoms with van der Waals surface area (Å²) >= 11 is 0. The lowest BCUT2D eigenvalue weighted by molar-refractivity contribution is -0.119. The first-order valence-corrected chi connectivity index (χ1v) is 5.81. The van der Waals surface area contributed by atoms with E-state index in [2.05, 4.69) is 26.8 Å². The van der Waals surface area contributed by atoms with Gasteiger partial charge in [-0.1, -0.05) is 0 Å². The van der Waals surface area contributed by atoms with Crippen LogP contribution in [0.15, 0.2) is 12.3 Å². The molecule has 0 aliphatic carbocycles. The fraction of sp³-hybridized carbons (Fsp3) is 0.417. The van der Waals surface area contributed by atoms with Crippen molar-refractivity contribution in [1.29, 1.82) is 0 Å². The molecule has 0 radical (unpaired) electrons. The fourth-order valence-electron chi connectivity index (χ4n) is 1.86. The van der Waals surface area contributed by atoms with Crippen molar-refractivity contribution in [3.63, 3.8) is 0 Å². The van der Waals surface area contributed by atoms with E-state index in [4.69, 9.17) is 0 Å². The first-order valence-electron chi connectivity index (χ1n) is 5.81. The van der Waals surface area contributed by atoms with Crippen LogP contribution >= 0.6 is 0 Å². The standard InChI is InChI=1S/C12H17N5O/c1-8-10-4-9(5-14-7-11(18)13-2)6-15-12(10)17(3)16-8/h4,6,14H,5,7H2,1-3H3,(H,13,18). The lowest BCUT2D eigenvalue weighted by atomic mass is 10.2. The maximum atomic E-state index is 11.1. The normalized spacial score (nSPS) is 10.8. The van der Waals surface area contributed by atoms with Crippen LogP contribution in [-0.2, 0) is 18.4 Å². The van der Waals surface area contributed by atoms with E-state index in [9.17, 15) is 4.79 Å². The van der Waals surface area contributed by atoms with Crippen molar-refractivity contribution >= 4 is 16.9 Å². The SMILES string of the molecule is CNC(=O)CNCc1cnc2c(c1)c(C)nn2C. The number of nitrogens with zero attached hydrogens (tertiary/aromatic N) is 3. The van der Waals surface area contributed by atoms with Gasteiger partial charge in [0.05, 0.1) is 12.2 Å². The smallest absolute Gasteiger partial charge is 0.233 e. The van der Waals surface area contributed by atoms with E-state index >= 15 is 0 Å². The van der Waals surface area contributed by atoms with Crippen molar-refractivity contribution in [3.05, 3.63) is 23.5 Å². The molecule has 0 spiro atoms. The lowest BCUT2D eigenvalue weighted by Gasteiger charge is -2.04. The van der Waals surface area contributed by atoms with Gasteiger partial charge in [0, 0.05) is 32.2 Å². The number of likely N-dealkylation sites (N-methyl/N-ethyl adjacent to an activating group) is 1. The van der Waals surface area contributed by atoms with Crippen molar-refractivity contribution in [2.45, 2.75) is 13.5 Å². The molecular formula is C12H17N5O. The van der Waals surface area contributed by atoms with Gasteiger partial charge in [-0.05, 0) is 18.6 Å². The number of aryl methyl sites for hydroxylation is 2. The molecule has 2 aromatic rings. The molecule has 0 aliphatic rings. The Morgan fingerprint density at radius 3 is 3.00 bits per heavy atom. The van der Waals surface area contributed by atoms with Crippen LogP contribution in [0.4, 0.5) is 0 Å². The Morgan fingerprint density at radius 1 is 1.50 bits per heavy atom. The second-order valence-electron chi connectivity index (χ2n) is 4.20. The van der Waals surface area contributed by atoms with Crippen LogP contribution in [0.25, 0.3) is 11.0 Å². The largest absolute Gasteiger partial charge is 0.358 e. The molecule has 0 bridgehead atoms. The molecule has 2 N–H and O–H groups in total. The van der Waals surface area contributed by atoms with Crippen LogP contribution in [0.3, 0.4) is 0 Å². The monoisotopic (exact) mass is 247 g/mol. The number of hydrogen-bond acceptors (Lipinski definition) is 4. The highest BCUT2D eigenvalue weighted by Gasteiger charge is 2.07. The Labute approximate surface area is 105 Å². The molecule has 6 heteroatoms. The summed E-state index contributed by atoms with van der Waals surface area (Å²) in [6.45, 7) is 2.89. The highest BCUT2D eigenvalue weighted by Crippen LogP contribution is 2.16. The predicted molar refractivity (Wildman–Crippen MR) is 69.0 cm³/mol. The molecular weight excluding hydrogens is 230 g/mol. The zero-order chi connectivity index (χ0) is 13.1. The van der Waals surface area contributed by atoms with Gasteiger partial charge in [-0.3, -0.25) is 9.48 Å². The summed E-state index contributed by atoms with van der Waals surface area (Å²) in [5.74, 6) is -0.0263. The third-order valence-electron chi connectivity index (χ3n) is 2.81. The molecule has 2 heterocycles. The van der Waals surface area contributed by atoms with Crippen molar-refractivity contribution in [2.24, 2.45) is 7.05 Å². The molecule has 0 aliphatic heterocycles. The Balaban J connectivity index is 2.10. The van der Waals surface area contributed by atoms with Gasteiger partial charge in [0.1, 0.15) is 0 Å². The van der Waals surface area contributed by atoms with Crippen molar-refractivity contribution < 1.29 is 4.79 Å². The average Bonchev–Trinajstić information content (AvgIpc) is 2.64. The summed E-state index contributed by atoms with van der Waals surface area (Å²) < 4.78 is 1.77. The number of rotatable bonds is 4. The van der Waals surface area contributed by atoms with E-state index in [-0.39, 0.29) is 5.91 Å². The van der Waals surface area contributed by atoms with Crippen molar-refractivity contribution in [1.82, 2.24) is 25.4 Å². The predicted octanol–water partition coefficient (Wildman–Crippen LogP) is 0.112. The van der Waals surface area contributed by atoms with Crippen LogP contribution in [0.1, 0.15) is 11.3 Å². The quantitative estimate of drug-likeness (QED) is 0.804. The summed E-state index contributed by atoms with van der Waals surface area (Å²) in [5, 5.41) is 11.0. The summed E-state index contributed by atoms with van der Waals surface area (Å²) in [6.07, 6.45) is 1.81. The van der Waals surface area contributed by atoms with Crippen molar-refractivity contribution in [2.75, 3.05) is 13.6 Å². The van der Waals surface area contributed by atoms with Crippen LogP contribution in [0.5, 0.6) is 0 Å². The number of pyridine rings is 1. The second-order valence-corrected chi connectivity index (χ2v) is 4.20. The minimum atomic E-state index is -0.0263. The van der Waals surface area contributed by atoms with E-state index in [1.165, 1.54) is 0 Å². The molecule has 2 rings (SSSR count). The van der Waals surface area contributed by atoms with E-state index in [1.54, 1.807) is 17.9 Å². The molecule has 0 aromatic carbocycles. The molecule has 0 saturated heterocycles. The number of carbonyl (C=O) groups excluding carboxylic acids is 1. The van der Waals surface area contributed by atoms with Gasteiger partial charge in [0.25, 0.3) is 0 Å². The number of fused-ring (bicyclic) bond motifs is 1. The highest BCUT2D eigenvalue weighted by molar-refractivity contribution is 5.79. The van der Waals surface area contributed by atoms with Gasteiger partial charge in [0.2, 0.25) is 5.91 Å². The topological polar surface area (TPSA) is 71.8 Å². The molecule has 1 amide bonds. The van der Waals surface area contributed by atoms with Crippen LogP contribution in [-0.4, -0.2) is 34.3 Å². The minimum absolute atomic E-state index is 0.0263. The molecule has 0 saturated carbocycles. The molecule has 0 fully saturated rings. The third kappa shape index (κ3) is 2.48. The van der Waals surface area contributed by atoms with Crippen molar-refractivity contribution in [3.8, 4) is 0 Å². The zero-order valence-electron chi connectivity index (χ0n) is 10.8. The Morgan fingerprint density at radius 2 is 2.28 bits per heavy atom. The molecule has 0 unspecified atom stereocenters. The Kier molecular flexibility index (Phi) is 3.57. The number of amides is 1. The van der Waals surface area contributed by atoms with Gasteiger partial charge in [0.15, 0.2) is 5.65 Å². The summed E-state index contributed by atoms with van der Waals surface area (Å²) in [4.78, 5) is 15.4. The first kappa shape index (κ1) is 12.5. The highest BCUT2D eigenvalue weighted by atomic mass is 16.1. The van der Waals surface area contributed by atoms with Crippen LogP contribution in [0, 0.1) is 6.92 Å². The average molecular weight is 247 g/mol. The van der Waals surface area contributed by atoms with Gasteiger partial charge in [-0.15, -0.1) is 0 Å². The number of hydrogen-bond donors (Lipinski definition) is 2. The molecule has 6 nitrogen and oxygen atoms in total. The molecule has 18 heavy (non-hydrogen) atoms. The number of carbonyl (C=O) groups is 1. The van der Waals surface area contributed by atoms with Crippen LogP contribution < -0.4 is 10.6 Å². The first-order chi connectivity index (χ1) is 8.61. The number of nitrogens with one attached hydrogen (secondary N) is 2. The second kappa shape index (κ2) is 5.14. The third-order valence-corrected chi connectivity index (χ3v) is 2.81. The van der Waals surface area contributed by atoms with Gasteiger partial charge >= 0.3 is 0 Å². The van der Waals surface area contributed by atoms with E-state index in [1.807, 2.05) is 14.0 Å². The van der Waals surface area contributed by atoms with E-state index in [0.717, 1.165) is 22.3 Å². The summed E-state index contributed by atoms with van der Waals surface area (Å²) in [7, 11) is 3.50. The Bertz CT molecular complexity index is 575. The van der Waals surface area contributed by atoms with E-state index < -0.39 is 0 Å². The number of aromatic nitrogens is 3. The van der Waals surface area contributed by atoms with Gasteiger partial charge < -0.3 is 10.6 Å². The lowest BCUT2D eigenvalue weighted by Crippen LogP contribution is -2.30. The van der Waals surface area contributed by atoms with Gasteiger partial charge in [-0.2, -0.15) is 5.10 Å². The summed E-state index contributed by atoms with van der Waals surface area (Å²) in [6, 6.07) is 2.06. The maximum Gasteiger partial charge on any atom is 0.233 e. The molecule has 0 atom stereocenters. The van der Waals surface area contributed by atoms with Crippen LogP contribution in [0.2, 0.25) is 0 Å². The fourth-order valence-corrected chi connectivity index (χ4v) is 1.86. The zero-order valence-corrected chi connectivity index (χ0v) is 10.8. The van der Waals surface area contributed by atoms with E-state index in [0.29, 0.717) is 13.1 Å². The van der Waals surface area contributed by atoms with Gasteiger partial charge in [-0.25, -0.2) is 4.98 Å². The molecule has 96 valence electrons. The summed E-state index contributed by atoms with van der Waals surface area (Å²) in [5.41, 5.74) is 2.89. The Hall–Kier alpha value is -1.95. The minimum Gasteiger partial charge on any atom is -0.358 e. The molecule has 2 aromatic heterocycles.